The summed E-state index contributed by atoms with van der Waals surface area (Å²) in [5.74, 6) is 1.11. The van der Waals surface area contributed by atoms with Crippen molar-refractivity contribution < 1.29 is 0 Å². The molecule has 0 rings (SSSR count). The predicted molar refractivity (Wildman–Crippen MR) is 47.8 cm³/mol. The summed E-state index contributed by atoms with van der Waals surface area (Å²) >= 11 is 11.1. The van der Waals surface area contributed by atoms with E-state index in [0.29, 0.717) is 11.8 Å². The van der Waals surface area contributed by atoms with E-state index in [1.807, 2.05) is 0 Å². The van der Waals surface area contributed by atoms with Crippen molar-refractivity contribution in [3.05, 3.63) is 12.7 Å². The Morgan fingerprint density at radius 1 is 1.30 bits per heavy atom. The van der Waals surface area contributed by atoms with Gasteiger partial charge in [0.2, 0.25) is 0 Å². The molecule has 0 aliphatic rings. The zero-order chi connectivity index (χ0) is 8.04. The van der Waals surface area contributed by atoms with Crippen molar-refractivity contribution in [2.24, 2.45) is 5.73 Å². The molecule has 0 aliphatic carbocycles. The fourth-order valence-electron chi connectivity index (χ4n) is 0.681. The Labute approximate surface area is 72.2 Å². The summed E-state index contributed by atoms with van der Waals surface area (Å²) < 4.78 is 0. The first-order chi connectivity index (χ1) is 4.68. The molecule has 1 nitrogen and oxygen atoms in total. The third-order valence-corrected chi connectivity index (χ3v) is 1.90. The maximum absolute atomic E-state index is 5.83. The van der Waals surface area contributed by atoms with E-state index in [4.69, 9.17) is 28.9 Å². The quantitative estimate of drug-likeness (QED) is 0.511. The van der Waals surface area contributed by atoms with E-state index in [0.717, 1.165) is 12.8 Å². The van der Waals surface area contributed by atoms with Crippen molar-refractivity contribution in [2.45, 2.75) is 18.4 Å². The van der Waals surface area contributed by atoms with Crippen LogP contribution in [0.1, 0.15) is 12.8 Å². The van der Waals surface area contributed by atoms with E-state index >= 15 is 0 Å². The lowest BCUT2D eigenvalue weighted by Gasteiger charge is -2.22. The Morgan fingerprint density at radius 3 is 1.90 bits per heavy atom. The predicted octanol–water partition coefficient (Wildman–Crippen LogP) is 2.13. The highest BCUT2D eigenvalue weighted by molar-refractivity contribution is 6.18. The standard InChI is InChI=1S/C7H13Cl2N/c1-2-7(10,3-5-8)4-6-9/h2H,1,3-6,10H2. The molecule has 0 saturated carbocycles. The Balaban J connectivity index is 3.81. The van der Waals surface area contributed by atoms with Crippen LogP contribution < -0.4 is 5.73 Å². The van der Waals surface area contributed by atoms with E-state index in [1.165, 1.54) is 0 Å². The lowest BCUT2D eigenvalue weighted by Crippen LogP contribution is -2.38. The van der Waals surface area contributed by atoms with Gasteiger partial charge in [-0.05, 0) is 12.8 Å². The third-order valence-electron chi connectivity index (χ3n) is 1.53. The van der Waals surface area contributed by atoms with E-state index in [1.54, 1.807) is 6.08 Å². The molecule has 0 atom stereocenters. The first kappa shape index (κ1) is 10.3. The molecule has 0 fully saturated rings. The molecule has 0 aromatic carbocycles. The molecule has 3 heteroatoms. The third kappa shape index (κ3) is 3.45. The fraction of sp³-hybridized carbons (Fsp3) is 0.714. The van der Waals surface area contributed by atoms with Crippen LogP contribution in [0, 0.1) is 0 Å². The van der Waals surface area contributed by atoms with Gasteiger partial charge in [-0.25, -0.2) is 0 Å². The maximum Gasteiger partial charge on any atom is 0.0359 e. The van der Waals surface area contributed by atoms with Crippen LogP contribution in [-0.2, 0) is 0 Å². The summed E-state index contributed by atoms with van der Waals surface area (Å²) in [7, 11) is 0. The lowest BCUT2D eigenvalue weighted by atomic mass is 9.95. The average Bonchev–Trinajstić information content (AvgIpc) is 1.89. The SMILES string of the molecule is C=CC(N)(CCCl)CCCl. The molecule has 2 N–H and O–H groups in total. The van der Waals surface area contributed by atoms with Gasteiger partial charge < -0.3 is 5.73 Å². The van der Waals surface area contributed by atoms with E-state index in [-0.39, 0.29) is 5.54 Å². The Hall–Kier alpha value is 0.280. The number of nitrogens with two attached hydrogens (primary N) is 1. The minimum Gasteiger partial charge on any atom is -0.322 e. The largest absolute Gasteiger partial charge is 0.322 e. The van der Waals surface area contributed by atoms with Gasteiger partial charge in [0.1, 0.15) is 0 Å². The van der Waals surface area contributed by atoms with Crippen molar-refractivity contribution in [3.63, 3.8) is 0 Å². The minimum atomic E-state index is -0.358. The molecule has 0 saturated heterocycles. The van der Waals surface area contributed by atoms with Crippen LogP contribution in [-0.4, -0.2) is 17.3 Å². The van der Waals surface area contributed by atoms with Gasteiger partial charge >= 0.3 is 0 Å². The first-order valence-corrected chi connectivity index (χ1v) is 4.30. The molecule has 0 amide bonds. The first-order valence-electron chi connectivity index (χ1n) is 3.23. The monoisotopic (exact) mass is 181 g/mol. The molecule has 0 radical (unpaired) electrons. The molecule has 10 heavy (non-hydrogen) atoms. The van der Waals surface area contributed by atoms with Gasteiger partial charge in [0.25, 0.3) is 0 Å². The van der Waals surface area contributed by atoms with Crippen LogP contribution in [0.5, 0.6) is 0 Å². The number of halogens is 2. The summed E-state index contributed by atoms with van der Waals surface area (Å²) in [6, 6.07) is 0. The van der Waals surface area contributed by atoms with Gasteiger partial charge in [-0.3, -0.25) is 0 Å². The van der Waals surface area contributed by atoms with Crippen molar-refractivity contribution in [3.8, 4) is 0 Å². The number of hydrogen-bond donors (Lipinski definition) is 1. The zero-order valence-electron chi connectivity index (χ0n) is 5.95. The number of hydrogen-bond acceptors (Lipinski definition) is 1. The second kappa shape index (κ2) is 5.00. The van der Waals surface area contributed by atoms with E-state index < -0.39 is 0 Å². The number of rotatable bonds is 5. The average molecular weight is 182 g/mol. The molecule has 0 aliphatic heterocycles. The molecule has 0 aromatic heterocycles. The highest BCUT2D eigenvalue weighted by Crippen LogP contribution is 2.14. The molecule has 0 spiro atoms. The van der Waals surface area contributed by atoms with Gasteiger partial charge in [-0.1, -0.05) is 6.08 Å². The summed E-state index contributed by atoms with van der Waals surface area (Å²) in [6.45, 7) is 3.63. The Bertz CT molecular complexity index is 97.8. The highest BCUT2D eigenvalue weighted by Gasteiger charge is 2.18. The second-order valence-corrected chi connectivity index (χ2v) is 3.07. The van der Waals surface area contributed by atoms with E-state index in [9.17, 15) is 0 Å². The van der Waals surface area contributed by atoms with Gasteiger partial charge in [0.05, 0.1) is 0 Å². The van der Waals surface area contributed by atoms with Crippen molar-refractivity contribution in [1.82, 2.24) is 0 Å². The zero-order valence-corrected chi connectivity index (χ0v) is 7.46. The lowest BCUT2D eigenvalue weighted by molar-refractivity contribution is 0.500. The van der Waals surface area contributed by atoms with Gasteiger partial charge in [0, 0.05) is 17.3 Å². The van der Waals surface area contributed by atoms with Crippen LogP contribution in [0.3, 0.4) is 0 Å². The molecule has 0 heterocycles. The highest BCUT2D eigenvalue weighted by atomic mass is 35.5. The van der Waals surface area contributed by atoms with Crippen LogP contribution in [0.2, 0.25) is 0 Å². The van der Waals surface area contributed by atoms with Gasteiger partial charge in [-0.15, -0.1) is 29.8 Å². The van der Waals surface area contributed by atoms with Crippen molar-refractivity contribution >= 4 is 23.2 Å². The van der Waals surface area contributed by atoms with Crippen molar-refractivity contribution in [1.29, 1.82) is 0 Å². The molecule has 0 aromatic rings. The van der Waals surface area contributed by atoms with Gasteiger partial charge in [0.15, 0.2) is 0 Å². The summed E-state index contributed by atoms with van der Waals surface area (Å²) in [5.41, 5.74) is 5.47. The van der Waals surface area contributed by atoms with Crippen molar-refractivity contribution in [2.75, 3.05) is 11.8 Å². The second-order valence-electron chi connectivity index (χ2n) is 2.32. The smallest absolute Gasteiger partial charge is 0.0359 e. The van der Waals surface area contributed by atoms with E-state index in [2.05, 4.69) is 6.58 Å². The topological polar surface area (TPSA) is 26.0 Å². The minimum absolute atomic E-state index is 0.358. The van der Waals surface area contributed by atoms with Crippen LogP contribution >= 0.6 is 23.2 Å². The molecule has 0 bridgehead atoms. The van der Waals surface area contributed by atoms with Crippen LogP contribution in [0.15, 0.2) is 12.7 Å². The molecular weight excluding hydrogens is 169 g/mol. The van der Waals surface area contributed by atoms with Gasteiger partial charge in [-0.2, -0.15) is 0 Å². The molecule has 0 unspecified atom stereocenters. The normalized spacial score (nSPS) is 11.5. The molecule has 60 valence electrons. The summed E-state index contributed by atoms with van der Waals surface area (Å²) in [4.78, 5) is 0. The maximum atomic E-state index is 5.83. The fourth-order valence-corrected chi connectivity index (χ4v) is 1.38. The summed E-state index contributed by atoms with van der Waals surface area (Å²) in [5, 5.41) is 0. The van der Waals surface area contributed by atoms with Crippen LogP contribution in [0.4, 0.5) is 0 Å². The Kier molecular flexibility index (Phi) is 5.14. The Morgan fingerprint density at radius 2 is 1.70 bits per heavy atom. The van der Waals surface area contributed by atoms with Crippen LogP contribution in [0.25, 0.3) is 0 Å². The number of alkyl halides is 2. The summed E-state index contributed by atoms with van der Waals surface area (Å²) in [6.07, 6.45) is 3.20. The molecular formula is C7H13Cl2N.